The van der Waals surface area contributed by atoms with Gasteiger partial charge >= 0.3 is 11.9 Å². The molecule has 2 N–H and O–H groups in total. The summed E-state index contributed by atoms with van der Waals surface area (Å²) < 4.78 is 29.2. The zero-order valence-electron chi connectivity index (χ0n) is 20.9. The van der Waals surface area contributed by atoms with E-state index in [-0.39, 0.29) is 83.7 Å². The molecule has 0 aromatic rings. The standard InChI is InChI=1S/C26H38O9/c1-25(2,29)17-13-9-11-15(17)23(27)34-21(11)19(13)32-7-5-31-6-8-33-20-14-10-12-16(18(14)26(3,4)30)24(28)35-22(12)20/h11-22,29-30H,5-10H2,1-4H3. The summed E-state index contributed by atoms with van der Waals surface area (Å²) in [5, 5.41) is 21.3. The van der Waals surface area contributed by atoms with Gasteiger partial charge in [-0.15, -0.1) is 0 Å². The first kappa shape index (κ1) is 24.1. The Morgan fingerprint density at radius 3 is 1.49 bits per heavy atom. The van der Waals surface area contributed by atoms with Gasteiger partial charge in [-0.25, -0.2) is 0 Å². The monoisotopic (exact) mass is 494 g/mol. The van der Waals surface area contributed by atoms with Crippen molar-refractivity contribution in [3.63, 3.8) is 0 Å². The summed E-state index contributed by atoms with van der Waals surface area (Å²) in [6, 6.07) is 0. The number of hydrogen-bond donors (Lipinski definition) is 2. The maximum atomic E-state index is 12.4. The average Bonchev–Trinajstić information content (AvgIpc) is 3.53. The van der Waals surface area contributed by atoms with E-state index in [0.29, 0.717) is 26.4 Å². The molecule has 4 saturated carbocycles. The minimum atomic E-state index is -0.953. The van der Waals surface area contributed by atoms with Crippen LogP contribution in [0.2, 0.25) is 0 Å². The second-order valence-electron chi connectivity index (χ2n) is 12.6. The van der Waals surface area contributed by atoms with Crippen LogP contribution in [0.1, 0.15) is 40.5 Å². The van der Waals surface area contributed by atoms with Crippen molar-refractivity contribution in [2.24, 2.45) is 47.3 Å². The highest BCUT2D eigenvalue weighted by atomic mass is 16.6. The molecule has 2 heterocycles. The topological polar surface area (TPSA) is 121 Å². The molecule has 2 saturated heterocycles. The van der Waals surface area contributed by atoms with E-state index in [0.717, 1.165) is 12.8 Å². The van der Waals surface area contributed by atoms with Gasteiger partial charge in [-0.05, 0) is 52.4 Å². The second-order valence-corrected chi connectivity index (χ2v) is 12.6. The second kappa shape index (κ2) is 8.12. The van der Waals surface area contributed by atoms with Crippen LogP contribution < -0.4 is 0 Å². The van der Waals surface area contributed by atoms with Gasteiger partial charge in [-0.2, -0.15) is 0 Å². The van der Waals surface area contributed by atoms with Gasteiger partial charge < -0.3 is 33.9 Å². The zero-order chi connectivity index (χ0) is 24.9. The number of fused-ring (bicyclic) bond motifs is 2. The first-order valence-electron chi connectivity index (χ1n) is 13.1. The Bertz CT molecular complexity index is 805. The van der Waals surface area contributed by atoms with Gasteiger partial charge in [0.05, 0.1) is 61.7 Å². The van der Waals surface area contributed by atoms with Crippen molar-refractivity contribution in [3.8, 4) is 0 Å². The van der Waals surface area contributed by atoms with E-state index in [1.807, 2.05) is 0 Å². The third-order valence-electron chi connectivity index (χ3n) is 9.80. The smallest absolute Gasteiger partial charge is 0.310 e. The number of rotatable bonds is 10. The number of aliphatic hydroxyl groups is 2. The molecule has 6 rings (SSSR count). The summed E-state index contributed by atoms with van der Waals surface area (Å²) in [4.78, 5) is 24.7. The van der Waals surface area contributed by atoms with Gasteiger partial charge in [0.15, 0.2) is 0 Å². The highest BCUT2D eigenvalue weighted by molar-refractivity contribution is 5.78. The number of esters is 2. The highest BCUT2D eigenvalue weighted by Crippen LogP contribution is 2.62. The third-order valence-corrected chi connectivity index (χ3v) is 9.80. The average molecular weight is 495 g/mol. The summed E-state index contributed by atoms with van der Waals surface area (Å²) >= 11 is 0. The first-order chi connectivity index (χ1) is 16.5. The molecule has 0 aromatic heterocycles. The largest absolute Gasteiger partial charge is 0.459 e. The number of carbonyl (C=O) groups excluding carboxylic acids is 2. The predicted molar refractivity (Wildman–Crippen MR) is 120 cm³/mol. The molecule has 0 spiro atoms. The zero-order valence-corrected chi connectivity index (χ0v) is 20.9. The molecule has 0 aromatic carbocycles. The number of carbonyl (C=O) groups is 2. The van der Waals surface area contributed by atoms with Crippen LogP contribution in [0.15, 0.2) is 0 Å². The minimum Gasteiger partial charge on any atom is -0.459 e. The Kier molecular flexibility index (Phi) is 5.59. The van der Waals surface area contributed by atoms with Crippen molar-refractivity contribution in [1.82, 2.24) is 0 Å². The van der Waals surface area contributed by atoms with E-state index in [9.17, 15) is 19.8 Å². The third kappa shape index (κ3) is 3.60. The van der Waals surface area contributed by atoms with E-state index in [4.69, 9.17) is 23.7 Å². The van der Waals surface area contributed by atoms with Crippen molar-refractivity contribution in [3.05, 3.63) is 0 Å². The maximum Gasteiger partial charge on any atom is 0.310 e. The van der Waals surface area contributed by atoms with Crippen LogP contribution in [0.25, 0.3) is 0 Å². The van der Waals surface area contributed by atoms with E-state index >= 15 is 0 Å². The van der Waals surface area contributed by atoms with Crippen LogP contribution >= 0.6 is 0 Å². The molecule has 9 heteroatoms. The molecule has 6 aliphatic rings. The molecule has 35 heavy (non-hydrogen) atoms. The molecule has 196 valence electrons. The van der Waals surface area contributed by atoms with E-state index in [1.165, 1.54) is 0 Å². The molecule has 0 amide bonds. The fourth-order valence-electron chi connectivity index (χ4n) is 8.94. The van der Waals surface area contributed by atoms with Gasteiger partial charge in [0.2, 0.25) is 0 Å². The van der Waals surface area contributed by atoms with Crippen molar-refractivity contribution >= 4 is 11.9 Å². The highest BCUT2D eigenvalue weighted by Gasteiger charge is 2.70. The van der Waals surface area contributed by atoms with E-state index in [2.05, 4.69) is 0 Å². The molecular weight excluding hydrogens is 456 g/mol. The van der Waals surface area contributed by atoms with E-state index < -0.39 is 11.2 Å². The van der Waals surface area contributed by atoms with Gasteiger partial charge in [0.1, 0.15) is 12.2 Å². The van der Waals surface area contributed by atoms with Crippen LogP contribution in [0.5, 0.6) is 0 Å². The van der Waals surface area contributed by atoms with Crippen LogP contribution in [0, 0.1) is 47.3 Å². The SMILES string of the molecule is CC(C)(O)C1C2CC3C(OC(=O)C31)C2OCCOCCOC1C2CC3C1OC(=O)C3C2C(C)(C)O. The Balaban J connectivity index is 0.956. The number of ether oxygens (including phenoxy) is 5. The van der Waals surface area contributed by atoms with Gasteiger partial charge in [0.25, 0.3) is 0 Å². The van der Waals surface area contributed by atoms with Gasteiger partial charge in [-0.1, -0.05) is 0 Å². The molecular formula is C26H38O9. The maximum absolute atomic E-state index is 12.4. The fourth-order valence-corrected chi connectivity index (χ4v) is 8.94. The Hall–Kier alpha value is -1.26. The molecule has 0 radical (unpaired) electrons. The first-order valence-corrected chi connectivity index (χ1v) is 13.1. The Labute approximate surface area is 205 Å². The van der Waals surface area contributed by atoms with Crippen molar-refractivity contribution in [2.75, 3.05) is 26.4 Å². The van der Waals surface area contributed by atoms with Crippen molar-refractivity contribution in [1.29, 1.82) is 0 Å². The summed E-state index contributed by atoms with van der Waals surface area (Å²) in [6.07, 6.45) is 0.902. The van der Waals surface area contributed by atoms with Gasteiger partial charge in [0, 0.05) is 23.7 Å². The summed E-state index contributed by atoms with van der Waals surface area (Å²) in [5.74, 6) is -0.586. The van der Waals surface area contributed by atoms with Crippen LogP contribution in [-0.2, 0) is 33.3 Å². The lowest BCUT2D eigenvalue weighted by Crippen LogP contribution is -2.48. The minimum absolute atomic E-state index is 0.115. The van der Waals surface area contributed by atoms with E-state index in [1.54, 1.807) is 27.7 Å². The summed E-state index contributed by atoms with van der Waals surface area (Å²) in [5.41, 5.74) is -1.91. The Morgan fingerprint density at radius 2 is 1.11 bits per heavy atom. The van der Waals surface area contributed by atoms with Crippen molar-refractivity contribution < 1.29 is 43.5 Å². The van der Waals surface area contributed by atoms with Crippen LogP contribution in [0.3, 0.4) is 0 Å². The molecule has 9 nitrogen and oxygen atoms in total. The predicted octanol–water partition coefficient (Wildman–Crippen LogP) is 0.930. The summed E-state index contributed by atoms with van der Waals surface area (Å²) in [7, 11) is 0. The molecule has 12 unspecified atom stereocenters. The molecule has 4 aliphatic carbocycles. The molecule has 12 atom stereocenters. The quantitative estimate of drug-likeness (QED) is 0.337. The van der Waals surface area contributed by atoms with Crippen LogP contribution in [-0.4, -0.2) is 84.2 Å². The summed E-state index contributed by atoms with van der Waals surface area (Å²) in [6.45, 7) is 8.61. The lowest BCUT2D eigenvalue weighted by molar-refractivity contribution is -0.148. The van der Waals surface area contributed by atoms with Crippen LogP contribution in [0.4, 0.5) is 0 Å². The molecule has 4 bridgehead atoms. The molecule has 2 aliphatic heterocycles. The lowest BCUT2D eigenvalue weighted by Gasteiger charge is -2.38. The Morgan fingerprint density at radius 1 is 0.714 bits per heavy atom. The lowest BCUT2D eigenvalue weighted by atomic mass is 9.71. The van der Waals surface area contributed by atoms with Crippen molar-refractivity contribution in [2.45, 2.75) is 76.2 Å². The molecule has 6 fully saturated rings. The normalized spacial score (nSPS) is 47.1. The number of hydrogen-bond acceptors (Lipinski definition) is 9. The fraction of sp³-hybridized carbons (Fsp3) is 0.923. The van der Waals surface area contributed by atoms with Gasteiger partial charge in [-0.3, -0.25) is 9.59 Å².